The SMILES string of the molecule is [CH]=COC(C)=O. The fourth-order valence-electron chi connectivity index (χ4n) is 0.0958. The largest absolute Gasteiger partial charge is 0.435 e. The van der Waals surface area contributed by atoms with Crippen LogP contribution in [0, 0.1) is 6.58 Å². The van der Waals surface area contributed by atoms with Crippen molar-refractivity contribution in [1.29, 1.82) is 0 Å². The highest BCUT2D eigenvalue weighted by molar-refractivity contribution is 5.66. The lowest BCUT2D eigenvalue weighted by molar-refractivity contribution is -0.135. The van der Waals surface area contributed by atoms with Gasteiger partial charge in [0, 0.05) is 6.92 Å². The summed E-state index contributed by atoms with van der Waals surface area (Å²) >= 11 is 0. The van der Waals surface area contributed by atoms with Gasteiger partial charge in [0.25, 0.3) is 0 Å². The molecule has 0 aliphatic carbocycles. The number of carbonyl (C=O) groups is 1. The number of esters is 1. The molecule has 0 atom stereocenters. The highest BCUT2D eigenvalue weighted by Gasteiger charge is 1.79. The van der Waals surface area contributed by atoms with Gasteiger partial charge in [0.2, 0.25) is 0 Å². The van der Waals surface area contributed by atoms with Crippen LogP contribution in [0.1, 0.15) is 6.92 Å². The Labute approximate surface area is 36.4 Å². The molecule has 0 fully saturated rings. The molecule has 0 rings (SSSR count). The van der Waals surface area contributed by atoms with Gasteiger partial charge in [-0.05, 0) is 6.58 Å². The third kappa shape index (κ3) is 3.21. The maximum absolute atomic E-state index is 9.71. The normalized spacial score (nSPS) is 6.83. The van der Waals surface area contributed by atoms with Crippen molar-refractivity contribution >= 4 is 5.97 Å². The van der Waals surface area contributed by atoms with E-state index < -0.39 is 5.97 Å². The monoisotopic (exact) mass is 85.0 g/mol. The zero-order chi connectivity index (χ0) is 4.99. The lowest BCUT2D eigenvalue weighted by atomic mass is 10.8. The number of carbonyl (C=O) groups excluding carboxylic acids is 1. The van der Waals surface area contributed by atoms with E-state index in [-0.39, 0.29) is 0 Å². The van der Waals surface area contributed by atoms with Gasteiger partial charge in [0.1, 0.15) is 0 Å². The van der Waals surface area contributed by atoms with Gasteiger partial charge in [-0.15, -0.1) is 0 Å². The van der Waals surface area contributed by atoms with Crippen LogP contribution in [0.3, 0.4) is 0 Å². The van der Waals surface area contributed by atoms with Crippen molar-refractivity contribution in [1.82, 2.24) is 0 Å². The second kappa shape index (κ2) is 2.45. The molecule has 0 saturated heterocycles. The Hall–Kier alpha value is -0.790. The summed E-state index contributed by atoms with van der Waals surface area (Å²) < 4.78 is 4.06. The van der Waals surface area contributed by atoms with Gasteiger partial charge in [-0.2, -0.15) is 0 Å². The smallest absolute Gasteiger partial charge is 0.307 e. The van der Waals surface area contributed by atoms with E-state index in [1.54, 1.807) is 0 Å². The molecule has 0 aromatic heterocycles. The summed E-state index contributed by atoms with van der Waals surface area (Å²) in [6.45, 7) is 5.94. The van der Waals surface area contributed by atoms with Crippen LogP contribution < -0.4 is 0 Å². The standard InChI is InChI=1S/C4H5O2/c1-3-6-4(2)5/h1,3H,2H3. The zero-order valence-electron chi connectivity index (χ0n) is 3.47. The van der Waals surface area contributed by atoms with Gasteiger partial charge in [-0.3, -0.25) is 4.79 Å². The Bertz CT molecular complexity index is 65.9. The van der Waals surface area contributed by atoms with Crippen LogP contribution >= 0.6 is 0 Å². The Kier molecular flexibility index (Phi) is 2.13. The summed E-state index contributed by atoms with van der Waals surface area (Å²) in [6.07, 6.45) is 0.850. The fraction of sp³-hybridized carbons (Fsp3) is 0.250. The van der Waals surface area contributed by atoms with Gasteiger partial charge in [0.15, 0.2) is 0 Å². The molecule has 0 aliphatic rings. The Balaban J connectivity index is 3.05. The molecule has 0 N–H and O–H groups in total. The van der Waals surface area contributed by atoms with Crippen LogP contribution in [-0.4, -0.2) is 5.97 Å². The summed E-state index contributed by atoms with van der Waals surface area (Å²) in [6, 6.07) is 0. The minimum absolute atomic E-state index is 0.391. The first-order valence-corrected chi connectivity index (χ1v) is 1.48. The molecular weight excluding hydrogens is 80.0 g/mol. The van der Waals surface area contributed by atoms with E-state index >= 15 is 0 Å². The summed E-state index contributed by atoms with van der Waals surface area (Å²) in [4.78, 5) is 9.71. The maximum atomic E-state index is 9.71. The van der Waals surface area contributed by atoms with Crippen LogP contribution in [0.4, 0.5) is 0 Å². The van der Waals surface area contributed by atoms with Crippen LogP contribution in [0.15, 0.2) is 6.26 Å². The van der Waals surface area contributed by atoms with E-state index in [4.69, 9.17) is 0 Å². The van der Waals surface area contributed by atoms with Crippen LogP contribution in [0.2, 0.25) is 0 Å². The van der Waals surface area contributed by atoms with Crippen molar-refractivity contribution < 1.29 is 9.53 Å². The average molecular weight is 85.1 g/mol. The Morgan fingerprint density at radius 1 is 2.00 bits per heavy atom. The van der Waals surface area contributed by atoms with Crippen LogP contribution in [0.25, 0.3) is 0 Å². The first-order chi connectivity index (χ1) is 2.77. The molecule has 0 unspecified atom stereocenters. The highest BCUT2D eigenvalue weighted by atomic mass is 16.5. The topological polar surface area (TPSA) is 26.3 Å². The molecule has 0 amide bonds. The third-order valence-corrected chi connectivity index (χ3v) is 0.234. The van der Waals surface area contributed by atoms with Crippen molar-refractivity contribution in [2.45, 2.75) is 6.92 Å². The summed E-state index contributed by atoms with van der Waals surface area (Å²) in [5.41, 5.74) is 0. The molecule has 6 heavy (non-hydrogen) atoms. The number of hydrogen-bond donors (Lipinski definition) is 0. The van der Waals surface area contributed by atoms with Crippen molar-refractivity contribution in [2.75, 3.05) is 0 Å². The lowest BCUT2D eigenvalue weighted by Crippen LogP contribution is -1.87. The average Bonchev–Trinajstić information content (AvgIpc) is 1.35. The van der Waals surface area contributed by atoms with Crippen molar-refractivity contribution in [3.8, 4) is 0 Å². The van der Waals surface area contributed by atoms with E-state index in [1.165, 1.54) is 6.92 Å². The Morgan fingerprint density at radius 2 is 2.50 bits per heavy atom. The maximum Gasteiger partial charge on any atom is 0.307 e. The van der Waals surface area contributed by atoms with E-state index in [0.717, 1.165) is 6.26 Å². The van der Waals surface area contributed by atoms with Gasteiger partial charge >= 0.3 is 5.97 Å². The number of rotatable bonds is 1. The molecule has 0 heterocycles. The van der Waals surface area contributed by atoms with E-state index in [0.29, 0.717) is 0 Å². The Morgan fingerprint density at radius 3 is 2.50 bits per heavy atom. The lowest BCUT2D eigenvalue weighted by Gasteiger charge is -1.82. The van der Waals surface area contributed by atoms with E-state index in [2.05, 4.69) is 11.3 Å². The van der Waals surface area contributed by atoms with Gasteiger partial charge in [-0.25, -0.2) is 0 Å². The molecule has 0 bridgehead atoms. The van der Waals surface area contributed by atoms with E-state index in [1.807, 2.05) is 0 Å². The molecule has 2 heteroatoms. The minimum atomic E-state index is -0.391. The molecule has 1 radical (unpaired) electrons. The number of ether oxygens (including phenoxy) is 1. The second-order valence-corrected chi connectivity index (χ2v) is 0.746. The third-order valence-electron chi connectivity index (χ3n) is 0.234. The van der Waals surface area contributed by atoms with Gasteiger partial charge in [0.05, 0.1) is 6.26 Å². The van der Waals surface area contributed by atoms with E-state index in [9.17, 15) is 4.79 Å². The fourth-order valence-corrected chi connectivity index (χ4v) is 0.0958. The molecule has 0 spiro atoms. The summed E-state index contributed by atoms with van der Waals surface area (Å²) in [5, 5.41) is 0. The van der Waals surface area contributed by atoms with Gasteiger partial charge in [-0.1, -0.05) is 0 Å². The predicted molar refractivity (Wildman–Crippen MR) is 20.6 cm³/mol. The van der Waals surface area contributed by atoms with Gasteiger partial charge < -0.3 is 4.74 Å². The zero-order valence-corrected chi connectivity index (χ0v) is 3.47. The minimum Gasteiger partial charge on any atom is -0.435 e. The molecule has 0 aromatic carbocycles. The molecule has 0 aliphatic heterocycles. The number of hydrogen-bond acceptors (Lipinski definition) is 2. The van der Waals surface area contributed by atoms with Crippen molar-refractivity contribution in [3.05, 3.63) is 12.8 Å². The molecule has 2 nitrogen and oxygen atoms in total. The van der Waals surface area contributed by atoms with Crippen molar-refractivity contribution in [3.63, 3.8) is 0 Å². The van der Waals surface area contributed by atoms with Crippen molar-refractivity contribution in [2.24, 2.45) is 0 Å². The predicted octanol–water partition coefficient (Wildman–Crippen LogP) is 0.496. The second-order valence-electron chi connectivity index (χ2n) is 0.746. The quantitative estimate of drug-likeness (QED) is 0.342. The van der Waals surface area contributed by atoms with Crippen LogP contribution in [-0.2, 0) is 9.53 Å². The molecule has 0 aromatic rings. The first-order valence-electron chi connectivity index (χ1n) is 1.48. The first kappa shape index (κ1) is 5.21. The highest BCUT2D eigenvalue weighted by Crippen LogP contribution is 1.70. The molecule has 0 saturated carbocycles. The van der Waals surface area contributed by atoms with Crippen LogP contribution in [0.5, 0.6) is 0 Å². The summed E-state index contributed by atoms with van der Waals surface area (Å²) in [7, 11) is 0. The molecule has 33 valence electrons. The summed E-state index contributed by atoms with van der Waals surface area (Å²) in [5.74, 6) is -0.391. The molecular formula is C4H5O2.